The van der Waals surface area contributed by atoms with Crippen molar-refractivity contribution in [2.75, 3.05) is 39.8 Å². The molecule has 3 heterocycles. The molecule has 1 fully saturated rings. The zero-order valence-electron chi connectivity index (χ0n) is 12.8. The van der Waals surface area contributed by atoms with Gasteiger partial charge in [0.15, 0.2) is 5.96 Å². The Kier molecular flexibility index (Phi) is 4.02. The van der Waals surface area contributed by atoms with E-state index < -0.39 is 5.97 Å². The van der Waals surface area contributed by atoms with Gasteiger partial charge in [-0.2, -0.15) is 0 Å². The molecule has 3 aliphatic heterocycles. The van der Waals surface area contributed by atoms with Crippen molar-refractivity contribution in [3.8, 4) is 0 Å². The van der Waals surface area contributed by atoms with E-state index in [1.807, 2.05) is 11.8 Å². The van der Waals surface area contributed by atoms with Crippen LogP contribution in [0.4, 0.5) is 0 Å². The molecule has 8 nitrogen and oxygen atoms in total. The van der Waals surface area contributed by atoms with Crippen LogP contribution in [0.5, 0.6) is 0 Å². The van der Waals surface area contributed by atoms with E-state index in [1.54, 1.807) is 6.08 Å². The standard InChI is InChI=1S/C14H21N5O3/c1-3-19-11-9(8-10(13(21)22-2)16-12(11)20)17-14(19)18-6-4-15-5-7-18/h8-9,11,15H,3-7H2,1-2H3,(H,16,20). The highest BCUT2D eigenvalue weighted by Gasteiger charge is 2.44. The number of aliphatic imine (C=N–C) groups is 1. The first-order valence-corrected chi connectivity index (χ1v) is 7.56. The first kappa shape index (κ1) is 14.8. The minimum atomic E-state index is -0.541. The summed E-state index contributed by atoms with van der Waals surface area (Å²) < 4.78 is 4.68. The molecule has 1 amide bonds. The molecule has 1 saturated heterocycles. The molecule has 3 aliphatic rings. The molecule has 120 valence electrons. The van der Waals surface area contributed by atoms with E-state index in [2.05, 4.69) is 20.3 Å². The number of rotatable bonds is 2. The van der Waals surface area contributed by atoms with Crippen LogP contribution in [0.15, 0.2) is 16.8 Å². The van der Waals surface area contributed by atoms with Crippen LogP contribution in [0.3, 0.4) is 0 Å². The van der Waals surface area contributed by atoms with Crippen LogP contribution < -0.4 is 10.6 Å². The van der Waals surface area contributed by atoms with Crippen LogP contribution in [0.25, 0.3) is 0 Å². The first-order valence-electron chi connectivity index (χ1n) is 7.56. The van der Waals surface area contributed by atoms with Gasteiger partial charge in [-0.25, -0.2) is 9.79 Å². The zero-order valence-corrected chi connectivity index (χ0v) is 12.8. The van der Waals surface area contributed by atoms with Crippen molar-refractivity contribution in [3.63, 3.8) is 0 Å². The SMILES string of the molecule is CCN1C(N2CCNCC2)=NC2C=C(C(=O)OC)NC(=O)C21. The minimum absolute atomic E-state index is 0.176. The Bertz CT molecular complexity index is 539. The molecule has 0 radical (unpaired) electrons. The molecule has 0 aliphatic carbocycles. The average Bonchev–Trinajstić information content (AvgIpc) is 2.94. The van der Waals surface area contributed by atoms with E-state index in [1.165, 1.54) is 7.11 Å². The molecule has 2 unspecified atom stereocenters. The number of amides is 1. The Morgan fingerprint density at radius 1 is 1.45 bits per heavy atom. The third-order valence-electron chi connectivity index (χ3n) is 4.19. The molecule has 2 N–H and O–H groups in total. The summed E-state index contributed by atoms with van der Waals surface area (Å²) in [7, 11) is 1.30. The van der Waals surface area contributed by atoms with Crippen molar-refractivity contribution < 1.29 is 14.3 Å². The summed E-state index contributed by atoms with van der Waals surface area (Å²) >= 11 is 0. The summed E-state index contributed by atoms with van der Waals surface area (Å²) in [4.78, 5) is 32.9. The molecule has 3 rings (SSSR count). The third kappa shape index (κ3) is 2.43. The number of ether oxygens (including phenoxy) is 1. The van der Waals surface area contributed by atoms with Gasteiger partial charge in [0.25, 0.3) is 0 Å². The van der Waals surface area contributed by atoms with Gasteiger partial charge in [0, 0.05) is 32.7 Å². The summed E-state index contributed by atoms with van der Waals surface area (Å²) in [6, 6.07) is -0.726. The predicted octanol–water partition coefficient (Wildman–Crippen LogP) is -1.49. The summed E-state index contributed by atoms with van der Waals surface area (Å²) in [5, 5.41) is 5.93. The Balaban J connectivity index is 1.89. The van der Waals surface area contributed by atoms with Crippen molar-refractivity contribution in [2.24, 2.45) is 4.99 Å². The van der Waals surface area contributed by atoms with Crippen molar-refractivity contribution >= 4 is 17.8 Å². The van der Waals surface area contributed by atoms with Gasteiger partial charge in [0.05, 0.1) is 7.11 Å². The Morgan fingerprint density at radius 2 is 2.18 bits per heavy atom. The van der Waals surface area contributed by atoms with Crippen molar-refractivity contribution in [1.29, 1.82) is 0 Å². The van der Waals surface area contributed by atoms with Gasteiger partial charge in [0.2, 0.25) is 5.91 Å². The Hall–Kier alpha value is -2.09. The van der Waals surface area contributed by atoms with Crippen molar-refractivity contribution in [2.45, 2.75) is 19.0 Å². The maximum Gasteiger partial charge on any atom is 0.354 e. The van der Waals surface area contributed by atoms with Gasteiger partial charge in [-0.3, -0.25) is 4.79 Å². The molecule has 0 saturated carbocycles. The van der Waals surface area contributed by atoms with Crippen LogP contribution in [0.2, 0.25) is 0 Å². The van der Waals surface area contributed by atoms with Crippen molar-refractivity contribution in [3.05, 3.63) is 11.8 Å². The fraction of sp³-hybridized carbons (Fsp3) is 0.643. The van der Waals surface area contributed by atoms with E-state index in [0.717, 1.165) is 32.1 Å². The highest BCUT2D eigenvalue weighted by Crippen LogP contribution is 2.25. The number of guanidine groups is 1. The van der Waals surface area contributed by atoms with Crippen molar-refractivity contribution in [1.82, 2.24) is 20.4 Å². The maximum absolute atomic E-state index is 12.4. The second-order valence-corrected chi connectivity index (χ2v) is 5.45. The fourth-order valence-corrected chi connectivity index (χ4v) is 3.13. The lowest BCUT2D eigenvalue weighted by molar-refractivity contribution is -0.138. The molecule has 0 aromatic heterocycles. The lowest BCUT2D eigenvalue weighted by atomic mass is 10.0. The molecule has 0 aromatic rings. The molecular formula is C14H21N5O3. The highest BCUT2D eigenvalue weighted by atomic mass is 16.5. The summed E-state index contributed by atoms with van der Waals surface area (Å²) in [5.41, 5.74) is 0.176. The maximum atomic E-state index is 12.4. The summed E-state index contributed by atoms with van der Waals surface area (Å²) in [5.74, 6) is 0.0980. The predicted molar refractivity (Wildman–Crippen MR) is 80.1 cm³/mol. The average molecular weight is 307 g/mol. The monoisotopic (exact) mass is 307 g/mol. The molecule has 0 aromatic carbocycles. The lowest BCUT2D eigenvalue weighted by Gasteiger charge is -2.36. The number of piperazine rings is 1. The minimum Gasteiger partial charge on any atom is -0.464 e. The smallest absolute Gasteiger partial charge is 0.354 e. The number of methoxy groups -OCH3 is 1. The fourth-order valence-electron chi connectivity index (χ4n) is 3.13. The molecule has 2 atom stereocenters. The number of nitrogens with one attached hydrogen (secondary N) is 2. The van der Waals surface area contributed by atoms with Gasteiger partial charge in [0.1, 0.15) is 17.8 Å². The van der Waals surface area contributed by atoms with Crippen LogP contribution in [-0.4, -0.2) is 79.6 Å². The zero-order chi connectivity index (χ0) is 15.7. The normalized spacial score (nSPS) is 27.8. The number of carbonyl (C=O) groups is 2. The van der Waals surface area contributed by atoms with E-state index >= 15 is 0 Å². The van der Waals surface area contributed by atoms with Gasteiger partial charge in [-0.15, -0.1) is 0 Å². The first-order chi connectivity index (χ1) is 10.7. The van der Waals surface area contributed by atoms with Gasteiger partial charge < -0.3 is 25.2 Å². The van der Waals surface area contributed by atoms with E-state index in [4.69, 9.17) is 4.99 Å². The number of hydrogen-bond donors (Lipinski definition) is 2. The largest absolute Gasteiger partial charge is 0.464 e. The number of nitrogens with zero attached hydrogens (tertiary/aromatic N) is 3. The lowest BCUT2D eigenvalue weighted by Crippen LogP contribution is -2.57. The molecule has 8 heteroatoms. The quantitative estimate of drug-likeness (QED) is 0.604. The van der Waals surface area contributed by atoms with Crippen LogP contribution >= 0.6 is 0 Å². The van der Waals surface area contributed by atoms with Gasteiger partial charge in [-0.1, -0.05) is 0 Å². The molecule has 0 spiro atoms. The van der Waals surface area contributed by atoms with Gasteiger partial charge >= 0.3 is 5.97 Å². The third-order valence-corrected chi connectivity index (χ3v) is 4.19. The van der Waals surface area contributed by atoms with Crippen LogP contribution in [0, 0.1) is 0 Å². The second-order valence-electron chi connectivity index (χ2n) is 5.45. The Morgan fingerprint density at radius 3 is 2.82 bits per heavy atom. The van der Waals surface area contributed by atoms with Crippen LogP contribution in [-0.2, 0) is 14.3 Å². The van der Waals surface area contributed by atoms with E-state index in [-0.39, 0.29) is 23.7 Å². The molecule has 22 heavy (non-hydrogen) atoms. The number of fused-ring (bicyclic) bond motifs is 1. The highest BCUT2D eigenvalue weighted by molar-refractivity contribution is 6.01. The number of likely N-dealkylation sites (N-methyl/N-ethyl adjacent to an activating group) is 1. The Labute approximate surface area is 129 Å². The second kappa shape index (κ2) is 5.96. The topological polar surface area (TPSA) is 86.3 Å². The number of carbonyl (C=O) groups excluding carboxylic acids is 2. The molecular weight excluding hydrogens is 286 g/mol. The molecule has 0 bridgehead atoms. The van der Waals surface area contributed by atoms with E-state index in [9.17, 15) is 9.59 Å². The number of esters is 1. The summed E-state index contributed by atoms with van der Waals surface area (Å²) in [6.07, 6.45) is 1.69. The van der Waals surface area contributed by atoms with Crippen LogP contribution in [0.1, 0.15) is 6.92 Å². The number of hydrogen-bond acceptors (Lipinski definition) is 7. The van der Waals surface area contributed by atoms with Gasteiger partial charge in [-0.05, 0) is 13.0 Å². The van der Waals surface area contributed by atoms with E-state index in [0.29, 0.717) is 6.54 Å². The summed E-state index contributed by atoms with van der Waals surface area (Å²) in [6.45, 7) is 6.24.